The van der Waals surface area contributed by atoms with Crippen molar-refractivity contribution in [2.75, 3.05) is 19.6 Å². The van der Waals surface area contributed by atoms with Crippen LogP contribution in [0.4, 0.5) is 0 Å². The van der Waals surface area contributed by atoms with E-state index in [1.807, 2.05) is 33.8 Å². The molecule has 0 unspecified atom stereocenters. The summed E-state index contributed by atoms with van der Waals surface area (Å²) in [5.74, 6) is 0.193. The number of carbonyl (C=O) groups excluding carboxylic acids is 2. The highest BCUT2D eigenvalue weighted by Crippen LogP contribution is 2.33. The van der Waals surface area contributed by atoms with E-state index in [2.05, 4.69) is 5.10 Å². The number of amides is 2. The maximum Gasteiger partial charge on any atom is 0.228 e. The van der Waals surface area contributed by atoms with Crippen LogP contribution >= 0.6 is 0 Å². The van der Waals surface area contributed by atoms with Crippen molar-refractivity contribution in [1.82, 2.24) is 19.6 Å². The molecule has 2 saturated heterocycles. The third-order valence-corrected chi connectivity index (χ3v) is 5.31. The third-order valence-electron chi connectivity index (χ3n) is 5.31. The van der Waals surface area contributed by atoms with E-state index in [-0.39, 0.29) is 23.8 Å². The summed E-state index contributed by atoms with van der Waals surface area (Å²) >= 11 is 0. The lowest BCUT2D eigenvalue weighted by atomic mass is 10.0. The van der Waals surface area contributed by atoms with Crippen molar-refractivity contribution >= 4 is 11.8 Å². The molecule has 0 radical (unpaired) electrons. The molecule has 4 rings (SSSR count). The standard InChI is InChI=1S/C17H24N4O2/c1-12-8-18-21(9-12)15-3-2-6-19(11-15)17(23)13-7-16(22)20(10-13)14-4-5-14/h8-9,13-15H,2-7,10-11H2,1H3/t13-,15+/m0/s1. The van der Waals surface area contributed by atoms with Gasteiger partial charge >= 0.3 is 0 Å². The summed E-state index contributed by atoms with van der Waals surface area (Å²) in [5, 5.41) is 4.40. The highest BCUT2D eigenvalue weighted by atomic mass is 16.2. The van der Waals surface area contributed by atoms with Crippen molar-refractivity contribution in [2.45, 2.75) is 51.1 Å². The number of aromatic nitrogens is 2. The molecule has 0 aromatic carbocycles. The van der Waals surface area contributed by atoms with Crippen LogP contribution in [0, 0.1) is 12.8 Å². The van der Waals surface area contributed by atoms with Gasteiger partial charge in [0.05, 0.1) is 18.2 Å². The Hall–Kier alpha value is -1.85. The summed E-state index contributed by atoms with van der Waals surface area (Å²) in [5.41, 5.74) is 1.15. The first kappa shape index (κ1) is 14.7. The van der Waals surface area contributed by atoms with E-state index in [1.54, 1.807) is 0 Å². The van der Waals surface area contributed by atoms with Crippen molar-refractivity contribution in [3.63, 3.8) is 0 Å². The Bertz CT molecular complexity index is 622. The summed E-state index contributed by atoms with van der Waals surface area (Å²) in [6.07, 6.45) is 8.59. The minimum absolute atomic E-state index is 0.138. The highest BCUT2D eigenvalue weighted by molar-refractivity contribution is 5.89. The van der Waals surface area contributed by atoms with Crippen LogP contribution in [0.2, 0.25) is 0 Å². The van der Waals surface area contributed by atoms with Gasteiger partial charge in [-0.1, -0.05) is 0 Å². The van der Waals surface area contributed by atoms with Crippen LogP contribution < -0.4 is 0 Å². The molecule has 124 valence electrons. The quantitative estimate of drug-likeness (QED) is 0.846. The monoisotopic (exact) mass is 316 g/mol. The molecule has 2 amide bonds. The fraction of sp³-hybridized carbons (Fsp3) is 0.706. The van der Waals surface area contributed by atoms with Gasteiger partial charge in [-0.25, -0.2) is 0 Å². The van der Waals surface area contributed by atoms with E-state index in [4.69, 9.17) is 0 Å². The predicted molar refractivity (Wildman–Crippen MR) is 84.7 cm³/mol. The van der Waals surface area contributed by atoms with E-state index < -0.39 is 0 Å². The van der Waals surface area contributed by atoms with Gasteiger partial charge in [-0.3, -0.25) is 14.3 Å². The Balaban J connectivity index is 1.41. The number of hydrogen-bond donors (Lipinski definition) is 0. The number of piperidine rings is 1. The normalized spacial score (nSPS) is 28.5. The summed E-state index contributed by atoms with van der Waals surface area (Å²) in [4.78, 5) is 28.8. The van der Waals surface area contributed by atoms with Gasteiger partial charge < -0.3 is 9.80 Å². The van der Waals surface area contributed by atoms with Crippen LogP contribution in [-0.2, 0) is 9.59 Å². The van der Waals surface area contributed by atoms with Crippen LogP contribution in [0.3, 0.4) is 0 Å². The summed E-state index contributed by atoms with van der Waals surface area (Å²) in [6.45, 7) is 4.19. The van der Waals surface area contributed by atoms with Crippen LogP contribution in [0.5, 0.6) is 0 Å². The first-order chi connectivity index (χ1) is 11.1. The summed E-state index contributed by atoms with van der Waals surface area (Å²) < 4.78 is 1.99. The van der Waals surface area contributed by atoms with E-state index in [9.17, 15) is 9.59 Å². The number of likely N-dealkylation sites (tertiary alicyclic amines) is 2. The van der Waals surface area contributed by atoms with Gasteiger partial charge in [0.2, 0.25) is 11.8 Å². The smallest absolute Gasteiger partial charge is 0.228 e. The first-order valence-electron chi connectivity index (χ1n) is 8.71. The number of nitrogens with zero attached hydrogens (tertiary/aromatic N) is 4. The molecule has 1 aromatic rings. The molecule has 23 heavy (non-hydrogen) atoms. The van der Waals surface area contributed by atoms with Gasteiger partial charge in [0.25, 0.3) is 0 Å². The minimum Gasteiger partial charge on any atom is -0.340 e. The lowest BCUT2D eigenvalue weighted by Gasteiger charge is -2.34. The highest BCUT2D eigenvalue weighted by Gasteiger charge is 2.43. The minimum atomic E-state index is -0.138. The maximum absolute atomic E-state index is 12.8. The zero-order chi connectivity index (χ0) is 16.0. The maximum atomic E-state index is 12.8. The molecule has 6 nitrogen and oxygen atoms in total. The van der Waals surface area contributed by atoms with Crippen molar-refractivity contribution in [3.05, 3.63) is 18.0 Å². The molecule has 1 saturated carbocycles. The van der Waals surface area contributed by atoms with Gasteiger partial charge in [0.1, 0.15) is 0 Å². The van der Waals surface area contributed by atoms with Crippen LogP contribution in [0.25, 0.3) is 0 Å². The number of rotatable bonds is 3. The Labute approximate surface area is 136 Å². The number of carbonyl (C=O) groups is 2. The molecule has 0 bridgehead atoms. The molecule has 3 aliphatic rings. The average molecular weight is 316 g/mol. The van der Waals surface area contributed by atoms with Crippen LogP contribution in [-0.4, -0.2) is 57.1 Å². The van der Waals surface area contributed by atoms with Crippen molar-refractivity contribution in [1.29, 1.82) is 0 Å². The first-order valence-corrected chi connectivity index (χ1v) is 8.71. The molecular formula is C17H24N4O2. The second kappa shape index (κ2) is 5.65. The van der Waals surface area contributed by atoms with Crippen molar-refractivity contribution in [3.8, 4) is 0 Å². The molecule has 0 N–H and O–H groups in total. The average Bonchev–Trinajstić information content (AvgIpc) is 3.19. The van der Waals surface area contributed by atoms with E-state index >= 15 is 0 Å². The van der Waals surface area contributed by atoms with Gasteiger partial charge in [-0.15, -0.1) is 0 Å². The van der Waals surface area contributed by atoms with E-state index in [0.29, 0.717) is 25.6 Å². The molecule has 1 aromatic heterocycles. The Kier molecular flexibility index (Phi) is 3.62. The van der Waals surface area contributed by atoms with Gasteiger partial charge in [0.15, 0.2) is 0 Å². The number of aryl methyl sites for hydroxylation is 1. The van der Waals surface area contributed by atoms with Gasteiger partial charge in [-0.05, 0) is 38.2 Å². The summed E-state index contributed by atoms with van der Waals surface area (Å²) in [6, 6.07) is 0.680. The SMILES string of the molecule is Cc1cnn([C@@H]2CCCN(C(=O)[C@H]3CC(=O)N(C4CC4)C3)C2)c1. The molecule has 2 aliphatic heterocycles. The van der Waals surface area contributed by atoms with Gasteiger partial charge in [-0.2, -0.15) is 5.10 Å². The molecule has 1 aliphatic carbocycles. The number of hydrogen-bond acceptors (Lipinski definition) is 3. The summed E-state index contributed by atoms with van der Waals surface area (Å²) in [7, 11) is 0. The second-order valence-corrected chi connectivity index (χ2v) is 7.26. The molecule has 0 spiro atoms. The Morgan fingerprint density at radius 2 is 2.04 bits per heavy atom. The topological polar surface area (TPSA) is 58.4 Å². The fourth-order valence-corrected chi connectivity index (χ4v) is 3.90. The molecule has 6 heteroatoms. The largest absolute Gasteiger partial charge is 0.340 e. The zero-order valence-corrected chi connectivity index (χ0v) is 13.6. The van der Waals surface area contributed by atoms with Crippen molar-refractivity contribution in [2.24, 2.45) is 5.92 Å². The predicted octanol–water partition coefficient (Wildman–Crippen LogP) is 1.37. The van der Waals surface area contributed by atoms with E-state index in [1.165, 1.54) is 0 Å². The molecular weight excluding hydrogens is 292 g/mol. The van der Waals surface area contributed by atoms with Crippen LogP contribution in [0.1, 0.15) is 43.7 Å². The lowest BCUT2D eigenvalue weighted by molar-refractivity contribution is -0.137. The molecule has 3 heterocycles. The second-order valence-electron chi connectivity index (χ2n) is 7.26. The van der Waals surface area contributed by atoms with Crippen molar-refractivity contribution < 1.29 is 9.59 Å². The lowest BCUT2D eigenvalue weighted by Crippen LogP contribution is -2.44. The third kappa shape index (κ3) is 2.86. The fourth-order valence-electron chi connectivity index (χ4n) is 3.90. The van der Waals surface area contributed by atoms with Gasteiger partial charge in [0, 0.05) is 38.3 Å². The Morgan fingerprint density at radius 1 is 1.22 bits per heavy atom. The molecule has 3 fully saturated rings. The molecule has 2 atom stereocenters. The zero-order valence-electron chi connectivity index (χ0n) is 13.6. The van der Waals surface area contributed by atoms with E-state index in [0.717, 1.165) is 37.8 Å². The Morgan fingerprint density at radius 3 is 2.74 bits per heavy atom. The van der Waals surface area contributed by atoms with Crippen LogP contribution in [0.15, 0.2) is 12.4 Å².